The molecule has 0 aliphatic carbocycles. The summed E-state index contributed by atoms with van der Waals surface area (Å²) in [6.07, 6.45) is 2.46. The van der Waals surface area contributed by atoms with E-state index in [4.69, 9.17) is 0 Å². The van der Waals surface area contributed by atoms with Gasteiger partial charge in [-0.05, 0) is 29.0 Å². The average molecular weight is 261 g/mol. The van der Waals surface area contributed by atoms with Crippen LogP contribution in [0.4, 0.5) is 0 Å². The zero-order valence-corrected chi connectivity index (χ0v) is 13.6. The van der Waals surface area contributed by atoms with Crippen LogP contribution in [0, 0.1) is 5.92 Å². The molecule has 0 aromatic heterocycles. The number of benzene rings is 1. The normalized spacial score (nSPS) is 13.8. The Hall–Kier alpha value is -0.820. The Balaban J connectivity index is 2.97. The summed E-state index contributed by atoms with van der Waals surface area (Å²) in [4.78, 5) is 0. The smallest absolute Gasteiger partial charge is 0.0348 e. The van der Waals surface area contributed by atoms with Crippen LogP contribution in [0.2, 0.25) is 0 Å². The molecule has 0 bridgehead atoms. The van der Waals surface area contributed by atoms with Crippen LogP contribution in [0.3, 0.4) is 0 Å². The summed E-state index contributed by atoms with van der Waals surface area (Å²) in [5.41, 5.74) is 3.08. The summed E-state index contributed by atoms with van der Waals surface area (Å²) in [6, 6.07) is 9.71. The first-order chi connectivity index (χ1) is 8.93. The Morgan fingerprint density at radius 1 is 0.947 bits per heavy atom. The Kier molecular flexibility index (Phi) is 6.06. The van der Waals surface area contributed by atoms with Crippen molar-refractivity contribution in [2.24, 2.45) is 5.92 Å². The molecule has 0 fully saturated rings. The molecule has 1 rings (SSSR count). The monoisotopic (exact) mass is 261 g/mol. The fraction of sp³-hybridized carbons (Fsp3) is 0.667. The van der Waals surface area contributed by atoms with Gasteiger partial charge in [-0.2, -0.15) is 0 Å². The van der Waals surface area contributed by atoms with Gasteiger partial charge in [0.05, 0.1) is 0 Å². The first-order valence-corrected chi connectivity index (χ1v) is 7.77. The van der Waals surface area contributed by atoms with E-state index in [1.54, 1.807) is 0 Å². The van der Waals surface area contributed by atoms with E-state index in [0.717, 1.165) is 12.5 Å². The van der Waals surface area contributed by atoms with Gasteiger partial charge in [0.15, 0.2) is 0 Å². The predicted molar refractivity (Wildman–Crippen MR) is 85.6 cm³/mol. The van der Waals surface area contributed by atoms with Gasteiger partial charge in [-0.25, -0.2) is 0 Å². The van der Waals surface area contributed by atoms with Gasteiger partial charge in [-0.1, -0.05) is 78.6 Å². The molecule has 1 nitrogen and oxygen atoms in total. The highest BCUT2D eigenvalue weighted by molar-refractivity contribution is 5.29. The summed E-state index contributed by atoms with van der Waals surface area (Å²) in [5, 5.41) is 3.66. The van der Waals surface area contributed by atoms with Crippen LogP contribution in [0.1, 0.15) is 71.6 Å². The molecule has 1 aromatic rings. The number of hydrogen-bond acceptors (Lipinski definition) is 1. The fourth-order valence-corrected chi connectivity index (χ4v) is 2.73. The molecule has 0 aliphatic rings. The molecule has 1 atom stereocenters. The van der Waals surface area contributed by atoms with E-state index in [9.17, 15) is 0 Å². The molecule has 0 radical (unpaired) electrons. The first kappa shape index (κ1) is 16.2. The second-order valence-corrected chi connectivity index (χ2v) is 6.48. The van der Waals surface area contributed by atoms with Crippen LogP contribution in [0.5, 0.6) is 0 Å². The summed E-state index contributed by atoms with van der Waals surface area (Å²) >= 11 is 0. The van der Waals surface area contributed by atoms with Crippen LogP contribution in [0.15, 0.2) is 24.3 Å². The predicted octanol–water partition coefficient (Wildman–Crippen LogP) is 5.07. The molecule has 108 valence electrons. The molecule has 0 amide bonds. The van der Waals surface area contributed by atoms with E-state index in [2.05, 4.69) is 71.1 Å². The van der Waals surface area contributed by atoms with Crippen LogP contribution >= 0.6 is 0 Å². The standard InChI is InChI=1S/C18H31N/c1-7-14(8-2)17(19-9-3)15-10-12-16(13-11-15)18(4,5)6/h10-14,17,19H,7-9H2,1-6H3. The highest BCUT2D eigenvalue weighted by atomic mass is 14.9. The van der Waals surface area contributed by atoms with Crippen molar-refractivity contribution in [3.05, 3.63) is 35.4 Å². The van der Waals surface area contributed by atoms with Crippen molar-refractivity contribution < 1.29 is 0 Å². The molecule has 0 saturated carbocycles. The molecule has 1 heteroatoms. The molecule has 0 heterocycles. The van der Waals surface area contributed by atoms with E-state index in [1.807, 2.05) is 0 Å². The van der Waals surface area contributed by atoms with Crippen LogP contribution in [0.25, 0.3) is 0 Å². The maximum absolute atomic E-state index is 3.66. The third-order valence-electron chi connectivity index (χ3n) is 4.08. The SMILES string of the molecule is CCNC(c1ccc(C(C)(C)C)cc1)C(CC)CC. The molecule has 1 unspecified atom stereocenters. The Morgan fingerprint density at radius 3 is 1.84 bits per heavy atom. The second kappa shape index (κ2) is 7.09. The van der Waals surface area contributed by atoms with Crippen molar-refractivity contribution in [1.29, 1.82) is 0 Å². The van der Waals surface area contributed by atoms with Gasteiger partial charge in [0, 0.05) is 6.04 Å². The van der Waals surface area contributed by atoms with E-state index in [1.165, 1.54) is 24.0 Å². The highest BCUT2D eigenvalue weighted by Gasteiger charge is 2.20. The van der Waals surface area contributed by atoms with Gasteiger partial charge in [0.2, 0.25) is 0 Å². The number of hydrogen-bond donors (Lipinski definition) is 1. The minimum Gasteiger partial charge on any atom is -0.310 e. The van der Waals surface area contributed by atoms with E-state index in [0.29, 0.717) is 6.04 Å². The van der Waals surface area contributed by atoms with Crippen molar-refractivity contribution in [3.8, 4) is 0 Å². The largest absolute Gasteiger partial charge is 0.310 e. The summed E-state index contributed by atoms with van der Waals surface area (Å²) in [7, 11) is 0. The van der Waals surface area contributed by atoms with Crippen LogP contribution < -0.4 is 5.32 Å². The topological polar surface area (TPSA) is 12.0 Å². The molecular weight excluding hydrogens is 230 g/mol. The first-order valence-electron chi connectivity index (χ1n) is 7.77. The second-order valence-electron chi connectivity index (χ2n) is 6.48. The van der Waals surface area contributed by atoms with Crippen LogP contribution in [-0.2, 0) is 5.41 Å². The highest BCUT2D eigenvalue weighted by Crippen LogP contribution is 2.29. The van der Waals surface area contributed by atoms with E-state index in [-0.39, 0.29) is 5.41 Å². The van der Waals surface area contributed by atoms with Gasteiger partial charge < -0.3 is 5.32 Å². The van der Waals surface area contributed by atoms with Crippen molar-refractivity contribution >= 4 is 0 Å². The molecule has 19 heavy (non-hydrogen) atoms. The van der Waals surface area contributed by atoms with Gasteiger partial charge in [-0.3, -0.25) is 0 Å². The maximum atomic E-state index is 3.66. The average Bonchev–Trinajstić information content (AvgIpc) is 2.38. The summed E-state index contributed by atoms with van der Waals surface area (Å²) in [5.74, 6) is 0.723. The molecule has 1 N–H and O–H groups in total. The quantitative estimate of drug-likeness (QED) is 0.753. The lowest BCUT2D eigenvalue weighted by Gasteiger charge is -2.27. The minimum atomic E-state index is 0.237. The van der Waals surface area contributed by atoms with Gasteiger partial charge in [0.1, 0.15) is 0 Å². The van der Waals surface area contributed by atoms with Crippen molar-refractivity contribution in [1.82, 2.24) is 5.32 Å². The van der Waals surface area contributed by atoms with E-state index >= 15 is 0 Å². The zero-order valence-electron chi connectivity index (χ0n) is 13.6. The van der Waals surface area contributed by atoms with Gasteiger partial charge in [0.25, 0.3) is 0 Å². The number of nitrogens with one attached hydrogen (secondary N) is 1. The molecule has 0 aliphatic heterocycles. The lowest BCUT2D eigenvalue weighted by atomic mass is 9.84. The Bertz CT molecular complexity index is 354. The molecule has 0 saturated heterocycles. The lowest BCUT2D eigenvalue weighted by molar-refractivity contribution is 0.346. The van der Waals surface area contributed by atoms with Gasteiger partial charge >= 0.3 is 0 Å². The number of rotatable bonds is 6. The Labute approximate surface area is 119 Å². The van der Waals surface area contributed by atoms with E-state index < -0.39 is 0 Å². The zero-order chi connectivity index (χ0) is 14.5. The summed E-state index contributed by atoms with van der Waals surface area (Å²) < 4.78 is 0. The third kappa shape index (κ3) is 4.35. The van der Waals surface area contributed by atoms with Crippen molar-refractivity contribution in [2.45, 2.75) is 65.8 Å². The molecule has 0 spiro atoms. The third-order valence-corrected chi connectivity index (χ3v) is 4.08. The summed E-state index contributed by atoms with van der Waals surface area (Å²) in [6.45, 7) is 14.6. The molecule has 1 aromatic carbocycles. The fourth-order valence-electron chi connectivity index (χ4n) is 2.73. The van der Waals surface area contributed by atoms with Crippen molar-refractivity contribution in [2.75, 3.05) is 6.54 Å². The lowest BCUT2D eigenvalue weighted by Crippen LogP contribution is -2.27. The van der Waals surface area contributed by atoms with Crippen LogP contribution in [-0.4, -0.2) is 6.54 Å². The Morgan fingerprint density at radius 2 is 1.47 bits per heavy atom. The van der Waals surface area contributed by atoms with Crippen molar-refractivity contribution in [3.63, 3.8) is 0 Å². The maximum Gasteiger partial charge on any atom is 0.0348 e. The molecular formula is C18H31N. The van der Waals surface area contributed by atoms with Gasteiger partial charge in [-0.15, -0.1) is 0 Å². The minimum absolute atomic E-state index is 0.237.